The van der Waals surface area contributed by atoms with Gasteiger partial charge in [0.25, 0.3) is 15.9 Å². The van der Waals surface area contributed by atoms with Crippen molar-refractivity contribution in [1.82, 2.24) is 15.4 Å². The van der Waals surface area contributed by atoms with Crippen molar-refractivity contribution in [1.29, 1.82) is 0 Å². The van der Waals surface area contributed by atoms with E-state index in [2.05, 4.69) is 25.0 Å². The van der Waals surface area contributed by atoms with Crippen LogP contribution in [0.1, 0.15) is 98.9 Å². The van der Waals surface area contributed by atoms with Crippen LogP contribution in [0.4, 0.5) is 0 Å². The molecule has 0 radical (unpaired) electrons. The highest BCUT2D eigenvalue weighted by Crippen LogP contribution is 2.43. The monoisotopic (exact) mass is 926 g/mol. The second kappa shape index (κ2) is 20.7. The van der Waals surface area contributed by atoms with Crippen LogP contribution in [0.2, 0.25) is 0 Å². The van der Waals surface area contributed by atoms with Gasteiger partial charge in [-0.3, -0.25) is 19.3 Å². The van der Waals surface area contributed by atoms with Gasteiger partial charge < -0.3 is 20.1 Å². The van der Waals surface area contributed by atoms with Crippen LogP contribution in [0.25, 0.3) is 0 Å². The van der Waals surface area contributed by atoms with Crippen LogP contribution < -0.4 is 20.5 Å². The number of hydrogen-bond acceptors (Lipinski definition) is 20. The second-order valence-corrected chi connectivity index (χ2v) is 23.4. The number of thiophene rings is 2. The third-order valence-electron chi connectivity index (χ3n) is 8.02. The van der Waals surface area contributed by atoms with Crippen LogP contribution in [-0.4, -0.2) is 98.5 Å². The van der Waals surface area contributed by atoms with Crippen molar-refractivity contribution in [2.75, 3.05) is 13.1 Å². The summed E-state index contributed by atoms with van der Waals surface area (Å²) >= 11 is 1.35. The Morgan fingerprint density at radius 1 is 0.807 bits per heavy atom. The fourth-order valence-electron chi connectivity index (χ4n) is 5.29. The molecule has 4 rings (SSSR count). The maximum absolute atomic E-state index is 12.6. The maximum Gasteiger partial charge on any atom is 0.381 e. The largest absolute Gasteiger partial charge is 0.453 e. The third-order valence-corrected chi connectivity index (χ3v) is 19.1. The van der Waals surface area contributed by atoms with Gasteiger partial charge in [0.15, 0.2) is 31.9 Å². The molecule has 26 heteroatoms. The highest BCUT2D eigenvalue weighted by atomic mass is 32.3. The summed E-state index contributed by atoms with van der Waals surface area (Å²) in [5.74, 6) is -3.33. The van der Waals surface area contributed by atoms with Crippen LogP contribution >= 0.6 is 22.7 Å². The molecule has 0 aromatic carbocycles. The summed E-state index contributed by atoms with van der Waals surface area (Å²) in [7, 11) is -15.3. The molecule has 6 atom stereocenters. The Balaban J connectivity index is 0.000000471. The number of amides is 1. The van der Waals surface area contributed by atoms with E-state index in [4.69, 9.17) is 10.4 Å². The van der Waals surface area contributed by atoms with Gasteiger partial charge in [-0.05, 0) is 65.8 Å². The first kappa shape index (κ1) is 51.9. The minimum Gasteiger partial charge on any atom is -0.453 e. The molecule has 2 aliphatic rings. The summed E-state index contributed by atoms with van der Waals surface area (Å²) in [5.41, 5.74) is 0.912. The maximum atomic E-state index is 12.6. The summed E-state index contributed by atoms with van der Waals surface area (Å²) in [5, 5.41) is 18.0. The molecule has 2 aliphatic heterocycles. The standard InChI is InChI=1S/C15H22N2O7S3.C10H16N2O4S3.C5H8O5.CH4/c1-5-16-12-6-8(2)26(20,21)15-11(12)7-13(25-15)27(22,23)17-14(19)9(3)24-10(4)18;1-3-12-8-4-6(2)18(13,14)10-7(8)5-9(17-10)19(11,15)16;1-3(5(7)10-8)9-4(2)6;/h7-9,12,16H,5-6H2,1-4H3,(H,17,19);5-6,8,12H,3-4H2,1-2H3,(H2,11,15,16);3,8H,1-2H3;1H4/t8-,9-,12-;6-,8-;3-;/m000./s1. The number of fused-ring (bicyclic) bond motifs is 2. The number of sulfonamides is 2. The number of ether oxygens (including phenoxy) is 2. The fraction of sp³-hybridized carbons (Fsp3) is 0.613. The zero-order chi connectivity index (χ0) is 43.1. The predicted molar refractivity (Wildman–Crippen MR) is 209 cm³/mol. The van der Waals surface area contributed by atoms with Crippen LogP contribution in [0.15, 0.2) is 29.0 Å². The van der Waals surface area contributed by atoms with Gasteiger partial charge in [0.2, 0.25) is 10.0 Å². The molecule has 326 valence electrons. The first-order valence-electron chi connectivity index (χ1n) is 16.7. The molecule has 0 saturated heterocycles. The van der Waals surface area contributed by atoms with Crippen molar-refractivity contribution in [3.8, 4) is 0 Å². The number of rotatable bonds is 11. The first-order chi connectivity index (χ1) is 25.6. The van der Waals surface area contributed by atoms with Crippen molar-refractivity contribution in [2.45, 2.75) is 127 Å². The highest BCUT2D eigenvalue weighted by molar-refractivity contribution is 7.96. The Kier molecular flexibility index (Phi) is 18.9. The molecule has 0 saturated carbocycles. The number of esters is 2. The molecule has 0 fully saturated rings. The SMILES string of the molecule is C.CC(=O)O[C@@H](C)C(=O)OO.CCN[C@H]1C[C@H](C)S(=O)(=O)c2sc(S(=O)(=O)NC(=O)[C@H](C)OC(C)=O)cc21.CCN[C@H]1C[C@H](C)S(=O)(=O)c2sc(S(N)(=O)=O)cc21. The van der Waals surface area contributed by atoms with Crippen molar-refractivity contribution >= 4 is 86.2 Å². The average molecular weight is 927 g/mol. The number of sulfone groups is 2. The van der Waals surface area contributed by atoms with E-state index in [9.17, 15) is 52.8 Å². The Labute approximate surface area is 341 Å². The number of hydrogen-bond donors (Lipinski definition) is 5. The Bertz CT molecular complexity index is 2220. The second-order valence-electron chi connectivity index (χ2n) is 12.4. The van der Waals surface area contributed by atoms with E-state index in [0.717, 1.165) is 25.2 Å². The zero-order valence-electron chi connectivity index (χ0n) is 31.5. The molecular weight excluding hydrogens is 877 g/mol. The molecule has 0 spiro atoms. The normalized spacial score (nSPS) is 21.4. The number of carbonyl (C=O) groups excluding carboxylic acids is 4. The molecule has 6 N–H and O–H groups in total. The minimum absolute atomic E-state index is 0. The Morgan fingerprint density at radius 3 is 1.56 bits per heavy atom. The molecular formula is C31H50N4O16S6. The van der Waals surface area contributed by atoms with Crippen LogP contribution in [-0.2, 0) is 73.3 Å². The summed E-state index contributed by atoms with van der Waals surface area (Å²) in [6.45, 7) is 13.0. The molecule has 0 aliphatic carbocycles. The smallest absolute Gasteiger partial charge is 0.381 e. The molecule has 0 unspecified atom stereocenters. The van der Waals surface area contributed by atoms with Crippen LogP contribution in [0.5, 0.6) is 0 Å². The lowest BCUT2D eigenvalue weighted by atomic mass is 10.1. The average Bonchev–Trinajstić information content (AvgIpc) is 3.74. The van der Waals surface area contributed by atoms with E-state index in [1.807, 2.05) is 18.6 Å². The lowest BCUT2D eigenvalue weighted by Crippen LogP contribution is -2.39. The lowest BCUT2D eigenvalue weighted by Gasteiger charge is -2.27. The molecule has 2 aromatic rings. The number of nitrogens with one attached hydrogen (secondary N) is 3. The summed E-state index contributed by atoms with van der Waals surface area (Å²) in [6.07, 6.45) is -1.59. The van der Waals surface area contributed by atoms with Gasteiger partial charge in [-0.1, -0.05) is 21.3 Å². The Morgan fingerprint density at radius 2 is 1.19 bits per heavy atom. The van der Waals surface area contributed by atoms with E-state index < -0.39 is 86.2 Å². The number of carbonyl (C=O) groups is 4. The van der Waals surface area contributed by atoms with Crippen molar-refractivity contribution in [2.24, 2.45) is 5.14 Å². The predicted octanol–water partition coefficient (Wildman–Crippen LogP) is 1.92. The molecule has 4 heterocycles. The molecule has 1 amide bonds. The third kappa shape index (κ3) is 13.2. The fourth-order valence-corrected chi connectivity index (χ4v) is 14.8. The van der Waals surface area contributed by atoms with Crippen LogP contribution in [0, 0.1) is 0 Å². The number of nitrogens with two attached hydrogens (primary N) is 1. The van der Waals surface area contributed by atoms with E-state index in [1.54, 1.807) is 13.8 Å². The Hall–Kier alpha value is -3.08. The van der Waals surface area contributed by atoms with Crippen molar-refractivity contribution in [3.63, 3.8) is 0 Å². The molecule has 57 heavy (non-hydrogen) atoms. The molecule has 2 aromatic heterocycles. The summed E-state index contributed by atoms with van der Waals surface area (Å²) in [6, 6.07) is 2.22. The van der Waals surface area contributed by atoms with Gasteiger partial charge in [-0.2, -0.15) is 5.26 Å². The summed E-state index contributed by atoms with van der Waals surface area (Å²) < 4.78 is 108. The molecule has 20 nitrogen and oxygen atoms in total. The van der Waals surface area contributed by atoms with E-state index in [-0.39, 0.29) is 36.3 Å². The van der Waals surface area contributed by atoms with Crippen molar-refractivity contribution in [3.05, 3.63) is 23.3 Å². The highest BCUT2D eigenvalue weighted by Gasteiger charge is 2.41. The van der Waals surface area contributed by atoms with E-state index in [0.29, 0.717) is 48.4 Å². The lowest BCUT2D eigenvalue weighted by molar-refractivity contribution is -0.243. The van der Waals surface area contributed by atoms with Gasteiger partial charge in [-0.15, -0.1) is 22.7 Å². The van der Waals surface area contributed by atoms with Gasteiger partial charge in [0.05, 0.1) is 10.5 Å². The summed E-state index contributed by atoms with van der Waals surface area (Å²) in [4.78, 5) is 46.6. The number of primary sulfonamides is 1. The molecule has 0 bridgehead atoms. The van der Waals surface area contributed by atoms with Gasteiger partial charge in [0, 0.05) is 37.1 Å². The van der Waals surface area contributed by atoms with Crippen molar-refractivity contribution < 1.29 is 72.5 Å². The minimum atomic E-state index is -4.30. The topological polar surface area (TPSA) is 315 Å². The van der Waals surface area contributed by atoms with E-state index in [1.165, 1.54) is 26.0 Å². The van der Waals surface area contributed by atoms with Crippen LogP contribution in [0.3, 0.4) is 0 Å². The van der Waals surface area contributed by atoms with Gasteiger partial charge in [0.1, 0.15) is 16.8 Å². The zero-order valence-corrected chi connectivity index (χ0v) is 36.4. The van der Waals surface area contributed by atoms with Gasteiger partial charge in [-0.25, -0.2) is 48.3 Å². The quantitative estimate of drug-likeness (QED) is 0.0930. The van der Waals surface area contributed by atoms with Gasteiger partial charge >= 0.3 is 17.9 Å². The first-order valence-corrected chi connectivity index (χ1v) is 24.4. The van der Waals surface area contributed by atoms with E-state index >= 15 is 0 Å².